The molecule has 5 heteroatoms. The van der Waals surface area contributed by atoms with Crippen LogP contribution in [0.3, 0.4) is 0 Å². The van der Waals surface area contributed by atoms with Crippen LogP contribution in [0.2, 0.25) is 5.15 Å². The number of carbonyl (C=O) groups excluding carboxylic acids is 1. The van der Waals surface area contributed by atoms with Crippen LogP contribution in [-0.2, 0) is 0 Å². The molecule has 0 bridgehead atoms. The lowest BCUT2D eigenvalue weighted by Gasteiger charge is -2.28. The molecule has 1 aromatic heterocycles. The number of phenolic OH excluding ortho intramolecular Hbond substituents is 1. The highest BCUT2D eigenvalue weighted by molar-refractivity contribution is 6.32. The fraction of sp³-hybridized carbons (Fsp3) is 0.250. The molecule has 1 atom stereocenters. The lowest BCUT2D eigenvalue weighted by Crippen LogP contribution is -2.33. The second kappa shape index (κ2) is 6.59. The Kier molecular flexibility index (Phi) is 4.81. The van der Waals surface area contributed by atoms with E-state index in [9.17, 15) is 9.90 Å². The summed E-state index contributed by atoms with van der Waals surface area (Å²) in [5, 5.41) is 9.78. The molecule has 0 fully saturated rings. The average Bonchev–Trinajstić information content (AvgIpc) is 2.48. The van der Waals surface area contributed by atoms with Gasteiger partial charge in [0.1, 0.15) is 10.9 Å². The van der Waals surface area contributed by atoms with E-state index in [1.54, 1.807) is 41.4 Å². The molecule has 0 aliphatic heterocycles. The summed E-state index contributed by atoms with van der Waals surface area (Å²) in [7, 11) is 0. The first kappa shape index (κ1) is 15.3. The third kappa shape index (κ3) is 3.34. The van der Waals surface area contributed by atoms with Crippen molar-refractivity contribution in [2.75, 3.05) is 6.54 Å². The van der Waals surface area contributed by atoms with Crippen LogP contribution in [0.1, 0.15) is 35.8 Å². The second-order valence-electron chi connectivity index (χ2n) is 4.70. The number of pyridine rings is 1. The zero-order valence-electron chi connectivity index (χ0n) is 12.0. The van der Waals surface area contributed by atoms with Gasteiger partial charge in [0.05, 0.1) is 11.6 Å². The number of aromatic nitrogens is 1. The van der Waals surface area contributed by atoms with Crippen molar-refractivity contribution in [2.45, 2.75) is 19.9 Å². The van der Waals surface area contributed by atoms with Crippen molar-refractivity contribution in [3.63, 3.8) is 0 Å². The molecule has 21 heavy (non-hydrogen) atoms. The fourth-order valence-corrected chi connectivity index (χ4v) is 2.46. The van der Waals surface area contributed by atoms with Crippen molar-refractivity contribution >= 4 is 17.5 Å². The molecule has 0 saturated carbocycles. The second-order valence-corrected chi connectivity index (χ2v) is 5.06. The van der Waals surface area contributed by atoms with Gasteiger partial charge in [0.25, 0.3) is 5.91 Å². The summed E-state index contributed by atoms with van der Waals surface area (Å²) >= 11 is 6.00. The summed E-state index contributed by atoms with van der Waals surface area (Å²) in [6.07, 6.45) is 1.55. The van der Waals surface area contributed by atoms with Crippen molar-refractivity contribution in [3.05, 3.63) is 58.9 Å². The zero-order valence-corrected chi connectivity index (χ0v) is 12.7. The molecular formula is C16H17ClN2O2. The van der Waals surface area contributed by atoms with Crippen LogP contribution < -0.4 is 0 Å². The maximum absolute atomic E-state index is 12.6. The molecule has 1 aromatic carbocycles. The van der Waals surface area contributed by atoms with Crippen LogP contribution in [0.25, 0.3) is 0 Å². The Morgan fingerprint density at radius 1 is 1.38 bits per heavy atom. The maximum Gasteiger partial charge on any atom is 0.257 e. The van der Waals surface area contributed by atoms with Gasteiger partial charge in [-0.25, -0.2) is 4.98 Å². The number of halogens is 1. The van der Waals surface area contributed by atoms with Crippen molar-refractivity contribution < 1.29 is 9.90 Å². The molecule has 1 N–H and O–H groups in total. The molecule has 2 aromatic rings. The van der Waals surface area contributed by atoms with Crippen LogP contribution in [0.5, 0.6) is 5.75 Å². The number of nitrogens with zero attached hydrogens (tertiary/aromatic N) is 2. The molecule has 2 rings (SSSR count). The zero-order chi connectivity index (χ0) is 15.4. The molecule has 0 saturated heterocycles. The lowest BCUT2D eigenvalue weighted by atomic mass is 10.1. The summed E-state index contributed by atoms with van der Waals surface area (Å²) in [6.45, 7) is 4.35. The summed E-state index contributed by atoms with van der Waals surface area (Å²) in [4.78, 5) is 18.3. The standard InChI is InChI=1S/C16H17ClN2O2/c1-3-19(11(2)12-6-4-7-13(20)10-12)16(21)14-8-5-9-18-15(14)17/h4-11,20H,3H2,1-2H3. The minimum absolute atomic E-state index is 0.175. The van der Waals surface area contributed by atoms with Gasteiger partial charge < -0.3 is 10.0 Å². The summed E-state index contributed by atoms with van der Waals surface area (Å²) in [5.41, 5.74) is 1.25. The summed E-state index contributed by atoms with van der Waals surface area (Å²) < 4.78 is 0. The number of carbonyl (C=O) groups is 1. The van der Waals surface area contributed by atoms with Crippen LogP contribution in [-0.4, -0.2) is 27.4 Å². The highest BCUT2D eigenvalue weighted by atomic mass is 35.5. The Morgan fingerprint density at radius 3 is 2.76 bits per heavy atom. The number of benzene rings is 1. The molecule has 0 spiro atoms. The fourth-order valence-electron chi connectivity index (χ4n) is 2.26. The van der Waals surface area contributed by atoms with E-state index < -0.39 is 0 Å². The van der Waals surface area contributed by atoms with Crippen molar-refractivity contribution in [3.8, 4) is 5.75 Å². The third-order valence-corrected chi connectivity index (χ3v) is 3.71. The molecule has 1 unspecified atom stereocenters. The first-order chi connectivity index (χ1) is 10.0. The van der Waals surface area contributed by atoms with Gasteiger partial charge >= 0.3 is 0 Å². The first-order valence-electron chi connectivity index (χ1n) is 6.75. The predicted molar refractivity (Wildman–Crippen MR) is 82.5 cm³/mol. The minimum Gasteiger partial charge on any atom is -0.508 e. The Hall–Kier alpha value is -2.07. The number of aromatic hydroxyl groups is 1. The largest absolute Gasteiger partial charge is 0.508 e. The van der Waals surface area contributed by atoms with E-state index in [4.69, 9.17) is 11.6 Å². The molecule has 0 aliphatic carbocycles. The van der Waals surface area contributed by atoms with Crippen molar-refractivity contribution in [1.29, 1.82) is 0 Å². The highest BCUT2D eigenvalue weighted by Gasteiger charge is 2.23. The van der Waals surface area contributed by atoms with E-state index in [1.165, 1.54) is 0 Å². The van der Waals surface area contributed by atoms with Crippen molar-refractivity contribution in [1.82, 2.24) is 9.88 Å². The third-order valence-electron chi connectivity index (χ3n) is 3.41. The number of hydrogen-bond donors (Lipinski definition) is 1. The quantitative estimate of drug-likeness (QED) is 0.877. The van der Waals surface area contributed by atoms with Gasteiger partial charge in [0.15, 0.2) is 0 Å². The van der Waals surface area contributed by atoms with Gasteiger partial charge in [-0.2, -0.15) is 0 Å². The molecule has 1 heterocycles. The average molecular weight is 305 g/mol. The van der Waals surface area contributed by atoms with Crippen LogP contribution in [0.15, 0.2) is 42.6 Å². The normalized spacial score (nSPS) is 12.0. The summed E-state index contributed by atoms with van der Waals surface area (Å²) in [6, 6.07) is 10.1. The Bertz CT molecular complexity index is 646. The first-order valence-corrected chi connectivity index (χ1v) is 7.12. The number of phenols is 1. The molecule has 4 nitrogen and oxygen atoms in total. The Balaban J connectivity index is 2.31. The lowest BCUT2D eigenvalue weighted by molar-refractivity contribution is 0.0702. The molecule has 1 amide bonds. The van der Waals surface area contributed by atoms with Crippen LogP contribution in [0, 0.1) is 0 Å². The monoisotopic (exact) mass is 304 g/mol. The number of amides is 1. The summed E-state index contributed by atoms with van der Waals surface area (Å²) in [5.74, 6) is 0.00806. The SMILES string of the molecule is CCN(C(=O)c1cccnc1Cl)C(C)c1cccc(O)c1. The molecule has 110 valence electrons. The van der Waals surface area contributed by atoms with E-state index in [1.807, 2.05) is 19.9 Å². The Morgan fingerprint density at radius 2 is 2.14 bits per heavy atom. The number of hydrogen-bond acceptors (Lipinski definition) is 3. The van der Waals surface area contributed by atoms with Gasteiger partial charge in [-0.15, -0.1) is 0 Å². The predicted octanol–water partition coefficient (Wildman–Crippen LogP) is 3.66. The van der Waals surface area contributed by atoms with Crippen LogP contribution in [0.4, 0.5) is 0 Å². The van der Waals surface area contributed by atoms with E-state index in [0.29, 0.717) is 12.1 Å². The van der Waals surface area contributed by atoms with Crippen molar-refractivity contribution in [2.24, 2.45) is 0 Å². The Labute approximate surface area is 129 Å². The van der Waals surface area contributed by atoms with E-state index in [2.05, 4.69) is 4.98 Å². The van der Waals surface area contributed by atoms with E-state index in [0.717, 1.165) is 5.56 Å². The van der Waals surface area contributed by atoms with Gasteiger partial charge in [0, 0.05) is 12.7 Å². The smallest absolute Gasteiger partial charge is 0.257 e. The van der Waals surface area contributed by atoms with Gasteiger partial charge in [-0.1, -0.05) is 23.7 Å². The minimum atomic E-state index is -0.175. The van der Waals surface area contributed by atoms with Gasteiger partial charge in [-0.3, -0.25) is 4.79 Å². The van der Waals surface area contributed by atoms with Gasteiger partial charge in [-0.05, 0) is 43.7 Å². The maximum atomic E-state index is 12.6. The topological polar surface area (TPSA) is 53.4 Å². The van der Waals surface area contributed by atoms with Crippen LogP contribution >= 0.6 is 11.6 Å². The van der Waals surface area contributed by atoms with Gasteiger partial charge in [0.2, 0.25) is 0 Å². The van der Waals surface area contributed by atoms with E-state index >= 15 is 0 Å². The number of rotatable bonds is 4. The molecule has 0 radical (unpaired) electrons. The molecular weight excluding hydrogens is 288 g/mol. The highest BCUT2D eigenvalue weighted by Crippen LogP contribution is 2.26. The molecule has 0 aliphatic rings. The van der Waals surface area contributed by atoms with E-state index in [-0.39, 0.29) is 22.9 Å².